The summed E-state index contributed by atoms with van der Waals surface area (Å²) < 4.78 is 26.6. The van der Waals surface area contributed by atoms with Gasteiger partial charge in [0.1, 0.15) is 10.3 Å². The van der Waals surface area contributed by atoms with Crippen LogP contribution in [-0.4, -0.2) is 36.7 Å². The Labute approximate surface area is 167 Å². The number of aromatic nitrogens is 1. The zero-order valence-corrected chi connectivity index (χ0v) is 17.0. The van der Waals surface area contributed by atoms with Gasteiger partial charge in [0.05, 0.1) is 15.6 Å². The molecule has 6 nitrogen and oxygen atoms in total. The van der Waals surface area contributed by atoms with Gasteiger partial charge in [-0.15, -0.1) is 0 Å². The quantitative estimate of drug-likeness (QED) is 0.684. The Bertz CT molecular complexity index is 911. The molecule has 140 valence electrons. The van der Waals surface area contributed by atoms with Gasteiger partial charge in [-0.1, -0.05) is 48.7 Å². The van der Waals surface area contributed by atoms with E-state index in [0.29, 0.717) is 13.1 Å². The maximum Gasteiger partial charge on any atom is 0.255 e. The third kappa shape index (κ3) is 4.66. The van der Waals surface area contributed by atoms with E-state index < -0.39 is 15.9 Å². The fourth-order valence-electron chi connectivity index (χ4n) is 2.26. The van der Waals surface area contributed by atoms with E-state index in [1.165, 1.54) is 34.6 Å². The SMILES string of the molecule is CCN(CC)S(=O)(=O)c1ccc(Cl)c(NC(=O)c2cc(Cl)nc(Cl)c2)c1. The fourth-order valence-corrected chi connectivity index (χ4v) is 4.37. The molecule has 1 aromatic heterocycles. The summed E-state index contributed by atoms with van der Waals surface area (Å²) in [6.45, 7) is 4.15. The lowest BCUT2D eigenvalue weighted by Gasteiger charge is -2.19. The molecular weight excluding hydrogens is 421 g/mol. The van der Waals surface area contributed by atoms with Crippen molar-refractivity contribution in [1.29, 1.82) is 0 Å². The first-order chi connectivity index (χ1) is 12.2. The van der Waals surface area contributed by atoms with Gasteiger partial charge in [0, 0.05) is 18.7 Å². The third-order valence-electron chi connectivity index (χ3n) is 3.55. The molecule has 0 aliphatic heterocycles. The Balaban J connectivity index is 2.37. The molecule has 2 rings (SSSR count). The average Bonchev–Trinajstić information content (AvgIpc) is 2.56. The van der Waals surface area contributed by atoms with Crippen molar-refractivity contribution in [1.82, 2.24) is 9.29 Å². The molecule has 0 aliphatic rings. The van der Waals surface area contributed by atoms with Crippen LogP contribution in [0.1, 0.15) is 24.2 Å². The second-order valence-corrected chi connectivity index (χ2v) is 8.31. The Kier molecular flexibility index (Phi) is 6.87. The number of carbonyl (C=O) groups excluding carboxylic acids is 1. The van der Waals surface area contributed by atoms with Crippen LogP contribution < -0.4 is 5.32 Å². The van der Waals surface area contributed by atoms with Crippen LogP contribution in [0.15, 0.2) is 35.2 Å². The van der Waals surface area contributed by atoms with E-state index in [1.54, 1.807) is 13.8 Å². The van der Waals surface area contributed by atoms with Crippen molar-refractivity contribution in [3.8, 4) is 0 Å². The van der Waals surface area contributed by atoms with Gasteiger partial charge in [-0.05, 0) is 30.3 Å². The Morgan fingerprint density at radius 3 is 2.19 bits per heavy atom. The topological polar surface area (TPSA) is 79.4 Å². The van der Waals surface area contributed by atoms with E-state index in [2.05, 4.69) is 10.3 Å². The number of sulfonamides is 1. The molecule has 0 fully saturated rings. The summed E-state index contributed by atoms with van der Waals surface area (Å²) in [5.41, 5.74) is 0.331. The van der Waals surface area contributed by atoms with Crippen molar-refractivity contribution in [2.24, 2.45) is 0 Å². The molecule has 2 aromatic rings. The summed E-state index contributed by atoms with van der Waals surface area (Å²) >= 11 is 17.7. The van der Waals surface area contributed by atoms with Crippen LogP contribution in [0.5, 0.6) is 0 Å². The molecule has 0 bridgehead atoms. The molecule has 26 heavy (non-hydrogen) atoms. The maximum absolute atomic E-state index is 12.6. The van der Waals surface area contributed by atoms with Gasteiger partial charge < -0.3 is 5.32 Å². The number of pyridine rings is 1. The van der Waals surface area contributed by atoms with Crippen LogP contribution in [0.2, 0.25) is 15.3 Å². The van der Waals surface area contributed by atoms with Crippen LogP contribution >= 0.6 is 34.8 Å². The van der Waals surface area contributed by atoms with Crippen LogP contribution in [0.25, 0.3) is 0 Å². The van der Waals surface area contributed by atoms with Gasteiger partial charge in [0.15, 0.2) is 0 Å². The van der Waals surface area contributed by atoms with E-state index in [9.17, 15) is 13.2 Å². The van der Waals surface area contributed by atoms with Crippen LogP contribution in [-0.2, 0) is 10.0 Å². The second kappa shape index (κ2) is 8.54. The smallest absolute Gasteiger partial charge is 0.255 e. The minimum absolute atomic E-state index is 0.0340. The molecule has 0 atom stereocenters. The van der Waals surface area contributed by atoms with Crippen molar-refractivity contribution >= 4 is 56.4 Å². The number of carbonyl (C=O) groups is 1. The van der Waals surface area contributed by atoms with E-state index in [-0.39, 0.29) is 31.5 Å². The number of nitrogens with one attached hydrogen (secondary N) is 1. The number of rotatable bonds is 6. The number of hydrogen-bond acceptors (Lipinski definition) is 4. The number of nitrogens with zero attached hydrogens (tertiary/aromatic N) is 2. The Morgan fingerprint density at radius 1 is 1.08 bits per heavy atom. The van der Waals surface area contributed by atoms with Gasteiger partial charge in [0.25, 0.3) is 5.91 Å². The predicted octanol–water partition coefficient (Wildman–Crippen LogP) is 4.32. The van der Waals surface area contributed by atoms with Gasteiger partial charge >= 0.3 is 0 Å². The summed E-state index contributed by atoms with van der Waals surface area (Å²) in [7, 11) is -3.68. The summed E-state index contributed by atoms with van der Waals surface area (Å²) in [6, 6.07) is 6.81. The molecule has 0 aliphatic carbocycles. The van der Waals surface area contributed by atoms with E-state index in [4.69, 9.17) is 34.8 Å². The van der Waals surface area contributed by atoms with E-state index in [0.717, 1.165) is 0 Å². The molecule has 10 heteroatoms. The highest BCUT2D eigenvalue weighted by molar-refractivity contribution is 7.89. The monoisotopic (exact) mass is 435 g/mol. The first-order valence-electron chi connectivity index (χ1n) is 7.63. The van der Waals surface area contributed by atoms with Crippen molar-refractivity contribution in [3.05, 3.63) is 51.2 Å². The van der Waals surface area contributed by atoms with E-state index in [1.807, 2.05) is 0 Å². The number of anilines is 1. The molecular formula is C16H16Cl3N3O3S. The number of amides is 1. The van der Waals surface area contributed by atoms with Crippen LogP contribution in [0, 0.1) is 0 Å². The Hall–Kier alpha value is -1.38. The molecule has 0 saturated carbocycles. The van der Waals surface area contributed by atoms with Crippen molar-refractivity contribution < 1.29 is 13.2 Å². The predicted molar refractivity (Wildman–Crippen MR) is 104 cm³/mol. The summed E-state index contributed by atoms with van der Waals surface area (Å²) in [4.78, 5) is 16.2. The summed E-state index contributed by atoms with van der Waals surface area (Å²) in [6.07, 6.45) is 0. The standard InChI is InChI=1S/C16H16Cl3N3O3S/c1-3-22(4-2)26(24,25)11-5-6-12(17)13(9-11)20-16(23)10-7-14(18)21-15(19)8-10/h5-9H,3-4H2,1-2H3,(H,20,23). The third-order valence-corrected chi connectivity index (χ3v) is 6.32. The number of hydrogen-bond donors (Lipinski definition) is 1. The lowest BCUT2D eigenvalue weighted by molar-refractivity contribution is 0.102. The van der Waals surface area contributed by atoms with Crippen molar-refractivity contribution in [3.63, 3.8) is 0 Å². The normalized spacial score (nSPS) is 11.6. The minimum Gasteiger partial charge on any atom is -0.321 e. The molecule has 1 N–H and O–H groups in total. The van der Waals surface area contributed by atoms with Crippen molar-refractivity contribution in [2.75, 3.05) is 18.4 Å². The van der Waals surface area contributed by atoms with Crippen molar-refractivity contribution in [2.45, 2.75) is 18.7 Å². The molecule has 0 spiro atoms. The molecule has 0 saturated heterocycles. The fraction of sp³-hybridized carbons (Fsp3) is 0.250. The largest absolute Gasteiger partial charge is 0.321 e. The minimum atomic E-state index is -3.68. The van der Waals surface area contributed by atoms with E-state index >= 15 is 0 Å². The zero-order chi connectivity index (χ0) is 19.5. The molecule has 1 aromatic carbocycles. The summed E-state index contributed by atoms with van der Waals surface area (Å²) in [5, 5.41) is 2.89. The lowest BCUT2D eigenvalue weighted by atomic mass is 10.2. The highest BCUT2D eigenvalue weighted by atomic mass is 35.5. The highest BCUT2D eigenvalue weighted by Gasteiger charge is 2.23. The van der Waals surface area contributed by atoms with Crippen LogP contribution in [0.4, 0.5) is 5.69 Å². The molecule has 0 unspecified atom stereocenters. The zero-order valence-electron chi connectivity index (χ0n) is 14.0. The highest BCUT2D eigenvalue weighted by Crippen LogP contribution is 2.28. The molecule has 1 heterocycles. The van der Waals surface area contributed by atoms with Gasteiger partial charge in [0.2, 0.25) is 10.0 Å². The second-order valence-electron chi connectivity index (χ2n) is 5.19. The Morgan fingerprint density at radius 2 is 1.65 bits per heavy atom. The van der Waals surface area contributed by atoms with Gasteiger partial charge in [-0.25, -0.2) is 13.4 Å². The average molecular weight is 437 g/mol. The van der Waals surface area contributed by atoms with Crippen LogP contribution in [0.3, 0.4) is 0 Å². The summed E-state index contributed by atoms with van der Waals surface area (Å²) in [5.74, 6) is -0.546. The lowest BCUT2D eigenvalue weighted by Crippen LogP contribution is -2.30. The first-order valence-corrected chi connectivity index (χ1v) is 10.2. The van der Waals surface area contributed by atoms with Gasteiger partial charge in [-0.3, -0.25) is 4.79 Å². The molecule has 1 amide bonds. The van der Waals surface area contributed by atoms with Gasteiger partial charge in [-0.2, -0.15) is 4.31 Å². The first kappa shape index (κ1) is 20.9. The molecule has 0 radical (unpaired) electrons. The number of benzene rings is 1. The maximum atomic E-state index is 12.6. The number of halogens is 3.